The third-order valence-electron chi connectivity index (χ3n) is 1.52. The van der Waals surface area contributed by atoms with Crippen LogP contribution in [0.2, 0.25) is 0 Å². The highest BCUT2D eigenvalue weighted by atomic mass is 127. The normalized spacial score (nSPS) is 11.5. The molecular formula is C8H9IO3S. The molecule has 0 aliphatic carbocycles. The van der Waals surface area contributed by atoms with E-state index in [2.05, 4.69) is 0 Å². The van der Waals surface area contributed by atoms with Crippen molar-refractivity contribution in [1.29, 1.82) is 0 Å². The van der Waals surface area contributed by atoms with Crippen LogP contribution in [0.4, 0.5) is 0 Å². The Morgan fingerprint density at radius 2 is 2.08 bits per heavy atom. The molecule has 0 unspecified atom stereocenters. The molecule has 0 fully saturated rings. The number of hydrogen-bond acceptors (Lipinski definition) is 3. The summed E-state index contributed by atoms with van der Waals surface area (Å²) in [5.41, 5.74) is 0. The van der Waals surface area contributed by atoms with Crippen molar-refractivity contribution in [3.63, 3.8) is 0 Å². The molecule has 0 atom stereocenters. The Kier molecular flexibility index (Phi) is 3.69. The number of rotatable bonds is 3. The predicted octanol–water partition coefficient (Wildman–Crippen LogP) is 1.06. The minimum Gasteiger partial charge on any atom is -0.395 e. The standard InChI is InChI=1S/C8H9IO3S/c9-7-2-1-3-8(6-7)13(11,12)5-4-10/h1-3,6,10H,4-5H2. The first-order chi connectivity index (χ1) is 6.06. The molecule has 0 bridgehead atoms. The molecule has 0 aromatic heterocycles. The van der Waals surface area contributed by atoms with Crippen molar-refractivity contribution in [3.8, 4) is 0 Å². The molecular weight excluding hydrogens is 303 g/mol. The summed E-state index contributed by atoms with van der Waals surface area (Å²) in [5, 5.41) is 8.55. The van der Waals surface area contributed by atoms with Crippen LogP contribution in [0.5, 0.6) is 0 Å². The van der Waals surface area contributed by atoms with E-state index in [1.165, 1.54) is 6.07 Å². The third kappa shape index (κ3) is 2.92. The van der Waals surface area contributed by atoms with Gasteiger partial charge >= 0.3 is 0 Å². The second kappa shape index (κ2) is 4.39. The molecule has 1 rings (SSSR count). The second-order valence-electron chi connectivity index (χ2n) is 2.50. The average molecular weight is 312 g/mol. The predicted molar refractivity (Wildman–Crippen MR) is 58.3 cm³/mol. The van der Waals surface area contributed by atoms with Gasteiger partial charge in [0, 0.05) is 3.57 Å². The van der Waals surface area contributed by atoms with Gasteiger partial charge in [-0.25, -0.2) is 8.42 Å². The fourth-order valence-corrected chi connectivity index (χ4v) is 2.72. The lowest BCUT2D eigenvalue weighted by Gasteiger charge is -2.01. The van der Waals surface area contributed by atoms with E-state index in [1.807, 2.05) is 28.7 Å². The average Bonchev–Trinajstić information content (AvgIpc) is 2.04. The first kappa shape index (κ1) is 10.9. The zero-order chi connectivity index (χ0) is 9.90. The maximum atomic E-state index is 11.4. The first-order valence-corrected chi connectivity index (χ1v) is 6.38. The van der Waals surface area contributed by atoms with Gasteiger partial charge in [0.15, 0.2) is 9.84 Å². The lowest BCUT2D eigenvalue weighted by molar-refractivity contribution is 0.319. The molecule has 1 aromatic rings. The van der Waals surface area contributed by atoms with E-state index in [9.17, 15) is 8.42 Å². The number of halogens is 1. The van der Waals surface area contributed by atoms with Gasteiger partial charge < -0.3 is 5.11 Å². The highest BCUT2D eigenvalue weighted by Gasteiger charge is 2.12. The molecule has 0 heterocycles. The van der Waals surface area contributed by atoms with E-state index < -0.39 is 9.84 Å². The number of hydrogen-bond donors (Lipinski definition) is 1. The van der Waals surface area contributed by atoms with Crippen LogP contribution in [0.25, 0.3) is 0 Å². The van der Waals surface area contributed by atoms with E-state index in [1.54, 1.807) is 12.1 Å². The maximum Gasteiger partial charge on any atom is 0.180 e. The second-order valence-corrected chi connectivity index (χ2v) is 5.85. The fourth-order valence-electron chi connectivity index (χ4n) is 0.898. The molecule has 0 aliphatic rings. The van der Waals surface area contributed by atoms with Gasteiger partial charge in [-0.2, -0.15) is 0 Å². The Hall–Kier alpha value is -0.140. The van der Waals surface area contributed by atoms with Crippen molar-refractivity contribution >= 4 is 32.4 Å². The summed E-state index contributed by atoms with van der Waals surface area (Å²) in [6.45, 7) is -0.339. The smallest absolute Gasteiger partial charge is 0.180 e. The Labute approximate surface area is 90.8 Å². The fraction of sp³-hybridized carbons (Fsp3) is 0.250. The van der Waals surface area contributed by atoms with E-state index in [0.717, 1.165) is 3.57 Å². The van der Waals surface area contributed by atoms with Crippen molar-refractivity contribution in [3.05, 3.63) is 27.8 Å². The summed E-state index contributed by atoms with van der Waals surface area (Å²) < 4.78 is 23.7. The van der Waals surface area contributed by atoms with Gasteiger partial charge in [-0.15, -0.1) is 0 Å². The van der Waals surface area contributed by atoms with Gasteiger partial charge in [-0.05, 0) is 40.8 Å². The summed E-state index contributed by atoms with van der Waals surface area (Å²) in [4.78, 5) is 0.272. The molecule has 1 N–H and O–H groups in total. The van der Waals surface area contributed by atoms with Gasteiger partial charge in [0.05, 0.1) is 17.3 Å². The highest BCUT2D eigenvalue weighted by molar-refractivity contribution is 14.1. The van der Waals surface area contributed by atoms with Crippen LogP contribution in [0.3, 0.4) is 0 Å². The van der Waals surface area contributed by atoms with E-state index in [0.29, 0.717) is 0 Å². The van der Waals surface area contributed by atoms with Gasteiger partial charge in [0.25, 0.3) is 0 Å². The first-order valence-electron chi connectivity index (χ1n) is 3.65. The Bertz CT molecular complexity index is 386. The summed E-state index contributed by atoms with van der Waals surface area (Å²) in [6.07, 6.45) is 0. The molecule has 0 spiro atoms. The van der Waals surface area contributed by atoms with E-state index in [-0.39, 0.29) is 17.3 Å². The van der Waals surface area contributed by atoms with Gasteiger partial charge in [0.2, 0.25) is 0 Å². The maximum absolute atomic E-state index is 11.4. The highest BCUT2D eigenvalue weighted by Crippen LogP contribution is 2.14. The van der Waals surface area contributed by atoms with Crippen LogP contribution in [0.1, 0.15) is 0 Å². The lowest BCUT2D eigenvalue weighted by atomic mass is 10.4. The van der Waals surface area contributed by atoms with Crippen molar-refractivity contribution < 1.29 is 13.5 Å². The van der Waals surface area contributed by atoms with Crippen LogP contribution in [-0.2, 0) is 9.84 Å². The molecule has 1 aromatic carbocycles. The molecule has 0 amide bonds. The van der Waals surface area contributed by atoms with Crippen LogP contribution in [0, 0.1) is 3.57 Å². The molecule has 3 nitrogen and oxygen atoms in total. The van der Waals surface area contributed by atoms with E-state index in [4.69, 9.17) is 5.11 Å². The van der Waals surface area contributed by atoms with Crippen molar-refractivity contribution in [2.45, 2.75) is 4.90 Å². The Balaban J connectivity index is 3.08. The SMILES string of the molecule is O=S(=O)(CCO)c1cccc(I)c1. The van der Waals surface area contributed by atoms with Gasteiger partial charge in [-0.3, -0.25) is 0 Å². The Morgan fingerprint density at radius 3 is 2.62 bits per heavy atom. The number of sulfone groups is 1. The molecule has 0 saturated carbocycles. The molecule has 13 heavy (non-hydrogen) atoms. The quantitative estimate of drug-likeness (QED) is 0.849. The van der Waals surface area contributed by atoms with Crippen LogP contribution >= 0.6 is 22.6 Å². The summed E-state index contributed by atoms with van der Waals surface area (Å²) >= 11 is 2.05. The summed E-state index contributed by atoms with van der Waals surface area (Å²) in [6, 6.07) is 6.63. The monoisotopic (exact) mass is 312 g/mol. The molecule has 5 heteroatoms. The largest absolute Gasteiger partial charge is 0.395 e. The van der Waals surface area contributed by atoms with Crippen LogP contribution in [0.15, 0.2) is 29.2 Å². The third-order valence-corrected chi connectivity index (χ3v) is 3.88. The van der Waals surface area contributed by atoms with Gasteiger partial charge in [0.1, 0.15) is 0 Å². The van der Waals surface area contributed by atoms with Crippen molar-refractivity contribution in [2.75, 3.05) is 12.4 Å². The molecule has 0 aliphatic heterocycles. The zero-order valence-electron chi connectivity index (χ0n) is 6.77. The van der Waals surface area contributed by atoms with Crippen molar-refractivity contribution in [1.82, 2.24) is 0 Å². The summed E-state index contributed by atoms with van der Waals surface area (Å²) in [7, 11) is -3.29. The number of aliphatic hydroxyl groups is 1. The zero-order valence-corrected chi connectivity index (χ0v) is 9.75. The molecule has 72 valence electrons. The topological polar surface area (TPSA) is 54.4 Å². The summed E-state index contributed by atoms with van der Waals surface area (Å²) in [5.74, 6) is -0.215. The minimum atomic E-state index is -3.29. The lowest BCUT2D eigenvalue weighted by Crippen LogP contribution is -2.09. The minimum absolute atomic E-state index is 0.215. The number of benzene rings is 1. The molecule has 0 saturated heterocycles. The van der Waals surface area contributed by atoms with Crippen LogP contribution < -0.4 is 0 Å². The van der Waals surface area contributed by atoms with Gasteiger partial charge in [-0.1, -0.05) is 6.07 Å². The molecule has 0 radical (unpaired) electrons. The van der Waals surface area contributed by atoms with Crippen LogP contribution in [-0.4, -0.2) is 25.9 Å². The Morgan fingerprint density at radius 1 is 1.38 bits per heavy atom. The van der Waals surface area contributed by atoms with Crippen molar-refractivity contribution in [2.24, 2.45) is 0 Å². The van der Waals surface area contributed by atoms with E-state index >= 15 is 0 Å². The number of aliphatic hydroxyl groups excluding tert-OH is 1.